The summed E-state index contributed by atoms with van der Waals surface area (Å²) in [7, 11) is 1.79. The SMILES string of the molecule is Cn1cnc(-c2ccc(C(=O)NCC(=O)c3ccco3)cc2)n1. The normalized spacial score (nSPS) is 10.5. The van der Waals surface area contributed by atoms with E-state index in [0.717, 1.165) is 5.56 Å². The lowest BCUT2D eigenvalue weighted by Gasteiger charge is -2.04. The van der Waals surface area contributed by atoms with Crippen molar-refractivity contribution in [2.75, 3.05) is 6.54 Å². The van der Waals surface area contributed by atoms with Gasteiger partial charge in [0.25, 0.3) is 5.91 Å². The topological polar surface area (TPSA) is 90.0 Å². The van der Waals surface area contributed by atoms with Crippen molar-refractivity contribution in [3.8, 4) is 11.4 Å². The molecule has 0 spiro atoms. The van der Waals surface area contributed by atoms with Crippen LogP contribution in [0.1, 0.15) is 20.9 Å². The molecule has 2 heterocycles. The second kappa shape index (κ2) is 6.27. The van der Waals surface area contributed by atoms with Gasteiger partial charge in [-0.05, 0) is 24.3 Å². The van der Waals surface area contributed by atoms with E-state index in [1.807, 2.05) is 0 Å². The van der Waals surface area contributed by atoms with Crippen LogP contribution in [0, 0.1) is 0 Å². The van der Waals surface area contributed by atoms with E-state index < -0.39 is 0 Å². The fraction of sp³-hybridized carbons (Fsp3) is 0.125. The number of rotatable bonds is 5. The summed E-state index contributed by atoms with van der Waals surface area (Å²) in [5, 5.41) is 6.76. The van der Waals surface area contributed by atoms with Crippen molar-refractivity contribution in [3.63, 3.8) is 0 Å². The zero-order valence-electron chi connectivity index (χ0n) is 12.4. The molecular weight excluding hydrogens is 296 g/mol. The van der Waals surface area contributed by atoms with Crippen LogP contribution < -0.4 is 5.32 Å². The molecule has 0 aliphatic carbocycles. The van der Waals surface area contributed by atoms with Gasteiger partial charge in [-0.2, -0.15) is 5.10 Å². The number of Topliss-reactive ketones (excluding diaryl/α,β-unsaturated/α-hetero) is 1. The lowest BCUT2D eigenvalue weighted by Crippen LogP contribution is -2.29. The highest BCUT2D eigenvalue weighted by molar-refractivity contribution is 6.00. The van der Waals surface area contributed by atoms with E-state index in [-0.39, 0.29) is 24.0 Å². The number of benzene rings is 1. The first-order chi connectivity index (χ1) is 11.1. The highest BCUT2D eigenvalue weighted by Gasteiger charge is 2.12. The van der Waals surface area contributed by atoms with Crippen LogP contribution in [0.15, 0.2) is 53.4 Å². The van der Waals surface area contributed by atoms with Crippen molar-refractivity contribution >= 4 is 11.7 Å². The van der Waals surface area contributed by atoms with Gasteiger partial charge < -0.3 is 9.73 Å². The second-order valence-corrected chi connectivity index (χ2v) is 4.90. The summed E-state index contributed by atoms with van der Waals surface area (Å²) in [5.41, 5.74) is 1.27. The van der Waals surface area contributed by atoms with Crippen molar-refractivity contribution in [1.82, 2.24) is 20.1 Å². The molecule has 3 rings (SSSR count). The van der Waals surface area contributed by atoms with Crippen LogP contribution in [0.5, 0.6) is 0 Å². The predicted molar refractivity (Wildman–Crippen MR) is 81.8 cm³/mol. The van der Waals surface area contributed by atoms with E-state index in [1.165, 1.54) is 6.26 Å². The molecule has 0 unspecified atom stereocenters. The van der Waals surface area contributed by atoms with E-state index in [4.69, 9.17) is 4.42 Å². The van der Waals surface area contributed by atoms with Gasteiger partial charge in [0.05, 0.1) is 12.8 Å². The van der Waals surface area contributed by atoms with Crippen molar-refractivity contribution in [2.24, 2.45) is 7.05 Å². The van der Waals surface area contributed by atoms with Gasteiger partial charge in [0.1, 0.15) is 6.33 Å². The maximum absolute atomic E-state index is 12.0. The first kappa shape index (κ1) is 14.7. The largest absolute Gasteiger partial charge is 0.461 e. The van der Waals surface area contributed by atoms with E-state index in [2.05, 4.69) is 15.4 Å². The molecule has 0 atom stereocenters. The van der Waals surface area contributed by atoms with Crippen molar-refractivity contribution in [1.29, 1.82) is 0 Å². The number of nitrogens with zero attached hydrogens (tertiary/aromatic N) is 3. The summed E-state index contributed by atoms with van der Waals surface area (Å²) in [6, 6.07) is 10.0. The number of hydrogen-bond donors (Lipinski definition) is 1. The Bertz CT molecular complexity index is 819. The molecule has 1 N–H and O–H groups in total. The van der Waals surface area contributed by atoms with Crippen LogP contribution in [0.25, 0.3) is 11.4 Å². The molecule has 0 fully saturated rings. The second-order valence-electron chi connectivity index (χ2n) is 4.90. The number of ketones is 1. The highest BCUT2D eigenvalue weighted by atomic mass is 16.3. The number of aromatic nitrogens is 3. The summed E-state index contributed by atoms with van der Waals surface area (Å²) < 4.78 is 6.59. The molecule has 2 aromatic heterocycles. The van der Waals surface area contributed by atoms with Crippen molar-refractivity contribution in [3.05, 3.63) is 60.3 Å². The average molecular weight is 310 g/mol. The molecule has 7 nitrogen and oxygen atoms in total. The standard InChI is InChI=1S/C16H14N4O3/c1-20-10-18-15(19-20)11-4-6-12(7-5-11)16(22)17-9-13(21)14-3-2-8-23-14/h2-8,10H,9H2,1H3,(H,17,22). The Balaban J connectivity index is 1.62. The third kappa shape index (κ3) is 3.34. The molecule has 0 aliphatic heterocycles. The van der Waals surface area contributed by atoms with Gasteiger partial charge in [0.15, 0.2) is 11.6 Å². The van der Waals surface area contributed by atoms with Crippen LogP contribution in [0.4, 0.5) is 0 Å². The average Bonchev–Trinajstić information content (AvgIpc) is 3.24. The van der Waals surface area contributed by atoms with Gasteiger partial charge in [-0.1, -0.05) is 12.1 Å². The number of aryl methyl sites for hydroxylation is 1. The molecule has 7 heteroatoms. The first-order valence-electron chi connectivity index (χ1n) is 6.94. The Morgan fingerprint density at radius 2 is 2.00 bits per heavy atom. The number of hydrogen-bond acceptors (Lipinski definition) is 5. The molecule has 0 radical (unpaired) electrons. The smallest absolute Gasteiger partial charge is 0.251 e. The third-order valence-electron chi connectivity index (χ3n) is 3.21. The van der Waals surface area contributed by atoms with Gasteiger partial charge >= 0.3 is 0 Å². The molecule has 0 saturated carbocycles. The summed E-state index contributed by atoms with van der Waals surface area (Å²) in [5.74, 6) is 0.206. The molecule has 1 amide bonds. The summed E-state index contributed by atoms with van der Waals surface area (Å²) in [6.07, 6.45) is 3.02. The fourth-order valence-electron chi connectivity index (χ4n) is 2.03. The van der Waals surface area contributed by atoms with Crippen LogP contribution in [0.2, 0.25) is 0 Å². The minimum Gasteiger partial charge on any atom is -0.461 e. The Morgan fingerprint density at radius 3 is 2.61 bits per heavy atom. The summed E-state index contributed by atoms with van der Waals surface area (Å²) in [6.45, 7) is -0.115. The Kier molecular flexibility index (Phi) is 4.01. The van der Waals surface area contributed by atoms with Gasteiger partial charge in [-0.25, -0.2) is 4.98 Å². The van der Waals surface area contributed by atoms with E-state index >= 15 is 0 Å². The molecular formula is C16H14N4O3. The molecule has 116 valence electrons. The summed E-state index contributed by atoms with van der Waals surface area (Å²) >= 11 is 0. The molecule has 0 bridgehead atoms. The molecule has 3 aromatic rings. The number of nitrogens with one attached hydrogen (secondary N) is 1. The van der Waals surface area contributed by atoms with Gasteiger partial charge in [-0.3, -0.25) is 14.3 Å². The zero-order chi connectivity index (χ0) is 16.2. The number of carbonyl (C=O) groups excluding carboxylic acids is 2. The van der Waals surface area contributed by atoms with E-state index in [1.54, 1.807) is 54.5 Å². The molecule has 23 heavy (non-hydrogen) atoms. The van der Waals surface area contributed by atoms with E-state index in [0.29, 0.717) is 11.4 Å². The van der Waals surface area contributed by atoms with Crippen molar-refractivity contribution < 1.29 is 14.0 Å². The van der Waals surface area contributed by atoms with Gasteiger partial charge in [0, 0.05) is 18.2 Å². The monoisotopic (exact) mass is 310 g/mol. The summed E-state index contributed by atoms with van der Waals surface area (Å²) in [4.78, 5) is 27.9. The van der Waals surface area contributed by atoms with Crippen LogP contribution >= 0.6 is 0 Å². The number of amides is 1. The Morgan fingerprint density at radius 1 is 1.22 bits per heavy atom. The highest BCUT2D eigenvalue weighted by Crippen LogP contribution is 2.14. The Hall–Kier alpha value is -3.22. The maximum atomic E-state index is 12.0. The zero-order valence-corrected chi connectivity index (χ0v) is 12.4. The van der Waals surface area contributed by atoms with E-state index in [9.17, 15) is 9.59 Å². The van der Waals surface area contributed by atoms with Crippen LogP contribution in [-0.2, 0) is 7.05 Å². The first-order valence-corrected chi connectivity index (χ1v) is 6.94. The third-order valence-corrected chi connectivity index (χ3v) is 3.21. The van der Waals surface area contributed by atoms with Gasteiger partial charge in [-0.15, -0.1) is 0 Å². The molecule has 1 aromatic carbocycles. The minimum atomic E-state index is -0.328. The fourth-order valence-corrected chi connectivity index (χ4v) is 2.03. The van der Waals surface area contributed by atoms with Crippen molar-refractivity contribution in [2.45, 2.75) is 0 Å². The lowest BCUT2D eigenvalue weighted by atomic mass is 10.1. The lowest BCUT2D eigenvalue weighted by molar-refractivity contribution is 0.0892. The Labute approximate surface area is 131 Å². The number of furan rings is 1. The van der Waals surface area contributed by atoms with Crippen LogP contribution in [0.3, 0.4) is 0 Å². The molecule has 0 saturated heterocycles. The molecule has 0 aliphatic rings. The maximum Gasteiger partial charge on any atom is 0.251 e. The predicted octanol–water partition coefficient (Wildman–Crippen LogP) is 1.69. The number of carbonyl (C=O) groups is 2. The van der Waals surface area contributed by atoms with Gasteiger partial charge in [0.2, 0.25) is 5.78 Å². The quantitative estimate of drug-likeness (QED) is 0.724. The van der Waals surface area contributed by atoms with Crippen LogP contribution in [-0.4, -0.2) is 33.0 Å². The minimum absolute atomic E-state index is 0.115.